The van der Waals surface area contributed by atoms with E-state index in [2.05, 4.69) is 11.4 Å². The van der Waals surface area contributed by atoms with E-state index < -0.39 is 5.82 Å². The largest absolute Gasteiger partial charge is 0.343 e. The lowest BCUT2D eigenvalue weighted by Gasteiger charge is -2.31. The number of carbonyl (C=O) groups is 2. The van der Waals surface area contributed by atoms with Crippen LogP contribution in [-0.2, 0) is 4.79 Å². The number of piperidine rings is 1. The van der Waals surface area contributed by atoms with Gasteiger partial charge in [0.15, 0.2) is 0 Å². The Morgan fingerprint density at radius 1 is 1.11 bits per heavy atom. The van der Waals surface area contributed by atoms with Crippen LogP contribution in [0.5, 0.6) is 0 Å². The summed E-state index contributed by atoms with van der Waals surface area (Å²) in [6.07, 6.45) is 1.74. The second-order valence-corrected chi connectivity index (χ2v) is 7.93. The van der Waals surface area contributed by atoms with Gasteiger partial charge in [-0.3, -0.25) is 9.59 Å². The maximum atomic E-state index is 12.9. The van der Waals surface area contributed by atoms with Crippen molar-refractivity contribution in [2.75, 3.05) is 19.6 Å². The molecule has 2 heterocycles. The van der Waals surface area contributed by atoms with E-state index in [4.69, 9.17) is 4.98 Å². The van der Waals surface area contributed by atoms with Crippen molar-refractivity contribution in [1.82, 2.24) is 15.2 Å². The lowest BCUT2D eigenvalue weighted by molar-refractivity contribution is -0.131. The number of hydrogen-bond donors (Lipinski definition) is 1. The highest BCUT2D eigenvalue weighted by Gasteiger charge is 2.26. The molecule has 7 heteroatoms. The van der Waals surface area contributed by atoms with E-state index in [1.807, 2.05) is 18.2 Å². The topological polar surface area (TPSA) is 62.3 Å². The number of para-hydroxylation sites is 1. The molecular weight excluding hydrogens is 377 g/mol. The van der Waals surface area contributed by atoms with Gasteiger partial charge in [0.1, 0.15) is 5.82 Å². The maximum absolute atomic E-state index is 12.9. The summed E-state index contributed by atoms with van der Waals surface area (Å²) >= 11 is 1.73. The molecule has 2 aromatic carbocycles. The molecule has 0 bridgehead atoms. The van der Waals surface area contributed by atoms with Gasteiger partial charge in [-0.05, 0) is 49.2 Å². The number of rotatable bonds is 4. The highest BCUT2D eigenvalue weighted by Crippen LogP contribution is 2.33. The lowest BCUT2D eigenvalue weighted by atomic mass is 9.97. The van der Waals surface area contributed by atoms with Gasteiger partial charge in [0.2, 0.25) is 5.91 Å². The van der Waals surface area contributed by atoms with Gasteiger partial charge in [-0.1, -0.05) is 12.1 Å². The van der Waals surface area contributed by atoms with Gasteiger partial charge in [0, 0.05) is 24.6 Å². The molecule has 2 amide bonds. The standard InChI is InChI=1S/C21H20FN3O2S/c22-16-7-5-14(6-8-16)20(27)23-13-19(26)25-11-9-15(10-12-25)21-24-17-3-1-2-4-18(17)28-21/h1-8,15H,9-13H2,(H,23,27). The molecule has 1 aliphatic heterocycles. The SMILES string of the molecule is O=C(NCC(=O)N1CCC(c2nc3ccccc3s2)CC1)c1ccc(F)cc1. The lowest BCUT2D eigenvalue weighted by Crippen LogP contribution is -2.43. The van der Waals surface area contributed by atoms with E-state index in [9.17, 15) is 14.0 Å². The summed E-state index contributed by atoms with van der Waals surface area (Å²) in [4.78, 5) is 31.0. The molecule has 0 atom stereocenters. The molecule has 5 nitrogen and oxygen atoms in total. The molecule has 3 aromatic rings. The molecule has 1 fully saturated rings. The van der Waals surface area contributed by atoms with Crippen molar-refractivity contribution in [3.63, 3.8) is 0 Å². The van der Waals surface area contributed by atoms with Crippen LogP contribution in [0.2, 0.25) is 0 Å². The third-order valence-electron chi connectivity index (χ3n) is 5.01. The zero-order valence-electron chi connectivity index (χ0n) is 15.2. The van der Waals surface area contributed by atoms with Gasteiger partial charge in [-0.2, -0.15) is 0 Å². The molecule has 1 saturated heterocycles. The Kier molecular flexibility index (Phi) is 5.34. The molecule has 144 valence electrons. The molecule has 0 aliphatic carbocycles. The number of thiazole rings is 1. The summed E-state index contributed by atoms with van der Waals surface area (Å²) in [7, 11) is 0. The van der Waals surface area contributed by atoms with E-state index in [-0.39, 0.29) is 18.4 Å². The first-order chi connectivity index (χ1) is 13.6. The van der Waals surface area contributed by atoms with Gasteiger partial charge >= 0.3 is 0 Å². The summed E-state index contributed by atoms with van der Waals surface area (Å²) in [5, 5.41) is 3.75. The van der Waals surface area contributed by atoms with Gasteiger partial charge in [0.05, 0.1) is 21.8 Å². The fourth-order valence-electron chi connectivity index (χ4n) is 3.41. The van der Waals surface area contributed by atoms with Crippen molar-refractivity contribution in [3.05, 3.63) is 64.9 Å². The highest BCUT2D eigenvalue weighted by molar-refractivity contribution is 7.18. The minimum Gasteiger partial charge on any atom is -0.343 e. The second-order valence-electron chi connectivity index (χ2n) is 6.86. The number of benzene rings is 2. The van der Waals surface area contributed by atoms with Crippen molar-refractivity contribution in [3.8, 4) is 0 Å². The van der Waals surface area contributed by atoms with E-state index in [1.54, 1.807) is 16.2 Å². The monoisotopic (exact) mass is 397 g/mol. The number of likely N-dealkylation sites (tertiary alicyclic amines) is 1. The zero-order chi connectivity index (χ0) is 19.5. The first-order valence-electron chi connectivity index (χ1n) is 9.27. The number of amides is 2. The smallest absolute Gasteiger partial charge is 0.251 e. The van der Waals surface area contributed by atoms with Crippen LogP contribution in [0.25, 0.3) is 10.2 Å². The van der Waals surface area contributed by atoms with Crippen molar-refractivity contribution in [2.45, 2.75) is 18.8 Å². The van der Waals surface area contributed by atoms with Crippen LogP contribution >= 0.6 is 11.3 Å². The van der Waals surface area contributed by atoms with Crippen molar-refractivity contribution >= 4 is 33.4 Å². The summed E-state index contributed by atoms with van der Waals surface area (Å²) < 4.78 is 14.1. The van der Waals surface area contributed by atoms with Gasteiger partial charge < -0.3 is 10.2 Å². The highest BCUT2D eigenvalue weighted by atomic mass is 32.1. The number of halogens is 1. The number of nitrogens with one attached hydrogen (secondary N) is 1. The molecule has 0 spiro atoms. The number of aromatic nitrogens is 1. The molecule has 0 unspecified atom stereocenters. The summed E-state index contributed by atoms with van der Waals surface area (Å²) in [6.45, 7) is 1.26. The van der Waals surface area contributed by atoms with E-state index >= 15 is 0 Å². The van der Waals surface area contributed by atoms with E-state index in [1.165, 1.54) is 29.0 Å². The average Bonchev–Trinajstić information content (AvgIpc) is 3.16. The molecule has 1 aliphatic rings. The third-order valence-corrected chi connectivity index (χ3v) is 6.21. The molecule has 1 N–H and O–H groups in total. The quantitative estimate of drug-likeness (QED) is 0.732. The van der Waals surface area contributed by atoms with Gasteiger partial charge in [0.25, 0.3) is 5.91 Å². The molecular formula is C21H20FN3O2S. The van der Waals surface area contributed by atoms with Crippen LogP contribution in [0.15, 0.2) is 48.5 Å². The van der Waals surface area contributed by atoms with Crippen molar-refractivity contribution in [2.24, 2.45) is 0 Å². The summed E-state index contributed by atoms with van der Waals surface area (Å²) in [5.41, 5.74) is 1.37. The number of nitrogens with zero attached hydrogens (tertiary/aromatic N) is 2. The first kappa shape index (κ1) is 18.6. The summed E-state index contributed by atoms with van der Waals surface area (Å²) in [6, 6.07) is 13.4. The Labute approximate surface area is 166 Å². The van der Waals surface area contributed by atoms with E-state index in [0.717, 1.165) is 23.4 Å². The first-order valence-corrected chi connectivity index (χ1v) is 10.1. The predicted octanol–water partition coefficient (Wildman–Crippen LogP) is 3.57. The summed E-state index contributed by atoms with van der Waals surface area (Å²) in [5.74, 6) is -0.505. The Morgan fingerprint density at radius 2 is 1.82 bits per heavy atom. The van der Waals surface area contributed by atoms with Crippen molar-refractivity contribution in [1.29, 1.82) is 0 Å². The second kappa shape index (κ2) is 8.06. The minimum atomic E-state index is -0.399. The van der Waals surface area contributed by atoms with E-state index in [0.29, 0.717) is 24.6 Å². The Hall–Kier alpha value is -2.80. The fourth-order valence-corrected chi connectivity index (χ4v) is 4.55. The van der Waals surface area contributed by atoms with Crippen molar-refractivity contribution < 1.29 is 14.0 Å². The van der Waals surface area contributed by atoms with Gasteiger partial charge in [-0.15, -0.1) is 11.3 Å². The fraction of sp³-hybridized carbons (Fsp3) is 0.286. The minimum absolute atomic E-state index is 0.0536. The third kappa shape index (κ3) is 4.04. The molecule has 0 saturated carbocycles. The Balaban J connectivity index is 1.29. The van der Waals surface area contributed by atoms with Crippen LogP contribution in [0.1, 0.15) is 34.1 Å². The predicted molar refractivity (Wildman–Crippen MR) is 107 cm³/mol. The Bertz CT molecular complexity index is 961. The van der Waals surface area contributed by atoms with Crippen LogP contribution in [0.4, 0.5) is 4.39 Å². The molecule has 0 radical (unpaired) electrons. The number of hydrogen-bond acceptors (Lipinski definition) is 4. The molecule has 28 heavy (non-hydrogen) atoms. The molecule has 1 aromatic heterocycles. The van der Waals surface area contributed by atoms with Gasteiger partial charge in [-0.25, -0.2) is 9.37 Å². The average molecular weight is 397 g/mol. The van der Waals surface area contributed by atoms with Crippen LogP contribution in [-0.4, -0.2) is 41.3 Å². The van der Waals surface area contributed by atoms with Crippen LogP contribution < -0.4 is 5.32 Å². The van der Waals surface area contributed by atoms with Crippen LogP contribution in [0, 0.1) is 5.82 Å². The Morgan fingerprint density at radius 3 is 2.54 bits per heavy atom. The molecule has 4 rings (SSSR count). The number of fused-ring (bicyclic) bond motifs is 1. The number of carbonyl (C=O) groups excluding carboxylic acids is 2. The normalized spacial score (nSPS) is 15.0. The maximum Gasteiger partial charge on any atom is 0.251 e. The zero-order valence-corrected chi connectivity index (χ0v) is 16.0. The van der Waals surface area contributed by atoms with Crippen LogP contribution in [0.3, 0.4) is 0 Å².